The molecule has 154 valence electrons. The Morgan fingerprint density at radius 3 is 1.81 bits per heavy atom. The molecular weight excluding hydrogens is 328 g/mol. The van der Waals surface area contributed by atoms with E-state index in [2.05, 4.69) is 36.0 Å². The number of ether oxygens (including phenoxy) is 1. The third-order valence-electron chi connectivity index (χ3n) is 3.88. The maximum atomic E-state index is 10.9. The number of hydrogen-bond donors (Lipinski definition) is 2. The number of rotatable bonds is 16. The van der Waals surface area contributed by atoms with Crippen LogP contribution in [0, 0.1) is 0 Å². The molecule has 0 unspecified atom stereocenters. The van der Waals surface area contributed by atoms with Crippen molar-refractivity contribution >= 4 is 5.97 Å². The third-order valence-corrected chi connectivity index (χ3v) is 3.88. The van der Waals surface area contributed by atoms with E-state index in [0.29, 0.717) is 12.8 Å². The second-order valence-corrected chi connectivity index (χ2v) is 6.36. The minimum atomic E-state index is -0.0827. The van der Waals surface area contributed by atoms with Crippen LogP contribution < -0.4 is 0 Å². The highest BCUT2D eigenvalue weighted by Crippen LogP contribution is 2.08. The zero-order chi connectivity index (χ0) is 19.7. The molecule has 2 N–H and O–H groups in total. The van der Waals surface area contributed by atoms with Gasteiger partial charge in [0.1, 0.15) is 0 Å². The van der Waals surface area contributed by atoms with Crippen LogP contribution in [0.15, 0.2) is 24.3 Å². The van der Waals surface area contributed by atoms with E-state index in [1.54, 1.807) is 0 Å². The summed E-state index contributed by atoms with van der Waals surface area (Å²) in [7, 11) is 1.45. The number of esters is 1. The maximum Gasteiger partial charge on any atom is 0.305 e. The molecule has 0 aromatic carbocycles. The van der Waals surface area contributed by atoms with Crippen molar-refractivity contribution in [3.05, 3.63) is 24.3 Å². The van der Waals surface area contributed by atoms with E-state index >= 15 is 0 Å². The van der Waals surface area contributed by atoms with Gasteiger partial charge >= 0.3 is 5.97 Å². The van der Waals surface area contributed by atoms with Gasteiger partial charge in [-0.1, -0.05) is 63.3 Å². The van der Waals surface area contributed by atoms with Crippen molar-refractivity contribution in [3.63, 3.8) is 0 Å². The number of aliphatic hydroxyl groups is 2. The van der Waals surface area contributed by atoms with Crippen LogP contribution in [-0.2, 0) is 9.53 Å². The number of hydrogen-bond acceptors (Lipinski definition) is 4. The molecule has 0 radical (unpaired) electrons. The Morgan fingerprint density at radius 1 is 0.769 bits per heavy atom. The standard InChI is InChI=1S/C19H34O2.C3H8O2/c1-3-4-5-6-7-8-9-10-11-12-13-14-15-16-17-18-19(20)21-2;4-2-1-3-5/h7-8,10-11H,3-6,9,12-18H2,1-2H3;4-5H,1-3H2/b8-7-,11-10-;. The Balaban J connectivity index is 0. The van der Waals surface area contributed by atoms with E-state index in [0.717, 1.165) is 19.3 Å². The van der Waals surface area contributed by atoms with Crippen LogP contribution in [0.1, 0.15) is 90.4 Å². The van der Waals surface area contributed by atoms with Crippen LogP contribution in [0.4, 0.5) is 0 Å². The summed E-state index contributed by atoms with van der Waals surface area (Å²) < 4.78 is 4.62. The third kappa shape index (κ3) is 27.7. The fourth-order valence-corrected chi connectivity index (χ4v) is 2.25. The lowest BCUT2D eigenvalue weighted by atomic mass is 10.1. The summed E-state index contributed by atoms with van der Waals surface area (Å²) in [5, 5.41) is 15.8. The summed E-state index contributed by atoms with van der Waals surface area (Å²) in [5.74, 6) is -0.0827. The van der Waals surface area contributed by atoms with Crippen LogP contribution >= 0.6 is 0 Å². The normalized spacial score (nSPS) is 10.9. The lowest BCUT2D eigenvalue weighted by Gasteiger charge is -1.99. The lowest BCUT2D eigenvalue weighted by Crippen LogP contribution is -1.98. The van der Waals surface area contributed by atoms with E-state index in [1.165, 1.54) is 58.5 Å². The van der Waals surface area contributed by atoms with Gasteiger partial charge in [-0.05, 0) is 44.9 Å². The topological polar surface area (TPSA) is 66.8 Å². The molecule has 0 aromatic rings. The summed E-state index contributed by atoms with van der Waals surface area (Å²) in [6.45, 7) is 2.43. The first-order valence-electron chi connectivity index (χ1n) is 10.3. The zero-order valence-electron chi connectivity index (χ0n) is 17.1. The first-order chi connectivity index (χ1) is 12.7. The van der Waals surface area contributed by atoms with Crippen molar-refractivity contribution in [2.24, 2.45) is 0 Å². The highest BCUT2D eigenvalue weighted by molar-refractivity contribution is 5.68. The van der Waals surface area contributed by atoms with Crippen molar-refractivity contribution in [2.45, 2.75) is 90.4 Å². The Labute approximate surface area is 161 Å². The summed E-state index contributed by atoms with van der Waals surface area (Å²) in [5.41, 5.74) is 0. The SMILES string of the molecule is CCCCC/C=C\C/C=C\CCCCCCCC(=O)OC.OCCCO. The Kier molecular flexibility index (Phi) is 27.2. The number of carbonyl (C=O) groups excluding carboxylic acids is 1. The Bertz CT molecular complexity index is 322. The quantitative estimate of drug-likeness (QED) is 0.219. The highest BCUT2D eigenvalue weighted by atomic mass is 16.5. The first-order valence-corrected chi connectivity index (χ1v) is 10.3. The molecule has 0 heterocycles. The lowest BCUT2D eigenvalue weighted by molar-refractivity contribution is -0.140. The molecule has 0 atom stereocenters. The average molecular weight is 371 g/mol. The van der Waals surface area contributed by atoms with Crippen molar-refractivity contribution in [1.29, 1.82) is 0 Å². The maximum absolute atomic E-state index is 10.9. The smallest absolute Gasteiger partial charge is 0.305 e. The van der Waals surface area contributed by atoms with Gasteiger partial charge in [0.25, 0.3) is 0 Å². The minimum absolute atomic E-state index is 0.0827. The van der Waals surface area contributed by atoms with Gasteiger partial charge in [-0.3, -0.25) is 4.79 Å². The van der Waals surface area contributed by atoms with Crippen LogP contribution in [0.25, 0.3) is 0 Å². The fraction of sp³-hybridized carbons (Fsp3) is 0.773. The van der Waals surface area contributed by atoms with Gasteiger partial charge in [-0.15, -0.1) is 0 Å². The van der Waals surface area contributed by atoms with Gasteiger partial charge < -0.3 is 14.9 Å². The molecule has 0 saturated heterocycles. The van der Waals surface area contributed by atoms with Crippen LogP contribution in [-0.4, -0.2) is 36.5 Å². The molecule has 0 aliphatic rings. The number of allylic oxidation sites excluding steroid dienone is 4. The molecule has 26 heavy (non-hydrogen) atoms. The molecule has 0 fully saturated rings. The molecule has 0 saturated carbocycles. The fourth-order valence-electron chi connectivity index (χ4n) is 2.25. The van der Waals surface area contributed by atoms with Crippen molar-refractivity contribution in [1.82, 2.24) is 0 Å². The predicted octanol–water partition coefficient (Wildman–Crippen LogP) is 5.33. The molecular formula is C22H42O4. The Morgan fingerprint density at radius 2 is 1.31 bits per heavy atom. The van der Waals surface area contributed by atoms with E-state index in [-0.39, 0.29) is 19.2 Å². The molecule has 4 nitrogen and oxygen atoms in total. The van der Waals surface area contributed by atoms with E-state index in [4.69, 9.17) is 10.2 Å². The molecule has 0 bridgehead atoms. The summed E-state index contributed by atoms with van der Waals surface area (Å²) >= 11 is 0. The van der Waals surface area contributed by atoms with Gasteiger partial charge in [0.05, 0.1) is 7.11 Å². The van der Waals surface area contributed by atoms with Crippen LogP contribution in [0.3, 0.4) is 0 Å². The van der Waals surface area contributed by atoms with E-state index in [9.17, 15) is 4.79 Å². The number of methoxy groups -OCH3 is 1. The molecule has 0 rings (SSSR count). The van der Waals surface area contributed by atoms with E-state index < -0.39 is 0 Å². The molecule has 0 amide bonds. The minimum Gasteiger partial charge on any atom is -0.469 e. The van der Waals surface area contributed by atoms with Crippen molar-refractivity contribution < 1.29 is 19.7 Å². The summed E-state index contributed by atoms with van der Waals surface area (Å²) in [6, 6.07) is 0. The van der Waals surface area contributed by atoms with Gasteiger partial charge in [-0.2, -0.15) is 0 Å². The van der Waals surface area contributed by atoms with Crippen LogP contribution in [0.5, 0.6) is 0 Å². The zero-order valence-corrected chi connectivity index (χ0v) is 17.1. The van der Waals surface area contributed by atoms with Gasteiger partial charge in [0.2, 0.25) is 0 Å². The van der Waals surface area contributed by atoms with Gasteiger partial charge in [0, 0.05) is 19.6 Å². The van der Waals surface area contributed by atoms with Crippen molar-refractivity contribution in [3.8, 4) is 0 Å². The van der Waals surface area contributed by atoms with Crippen LogP contribution in [0.2, 0.25) is 0 Å². The monoisotopic (exact) mass is 370 g/mol. The second kappa shape index (κ2) is 26.1. The number of carbonyl (C=O) groups is 1. The molecule has 0 aliphatic carbocycles. The molecule has 0 spiro atoms. The number of aliphatic hydroxyl groups excluding tert-OH is 2. The summed E-state index contributed by atoms with van der Waals surface area (Å²) in [6.07, 6.45) is 23.5. The summed E-state index contributed by atoms with van der Waals surface area (Å²) in [4.78, 5) is 10.9. The molecule has 0 aromatic heterocycles. The predicted molar refractivity (Wildman–Crippen MR) is 110 cm³/mol. The number of unbranched alkanes of at least 4 members (excludes halogenated alkanes) is 8. The van der Waals surface area contributed by atoms with Gasteiger partial charge in [-0.25, -0.2) is 0 Å². The largest absolute Gasteiger partial charge is 0.469 e. The molecule has 4 heteroatoms. The second-order valence-electron chi connectivity index (χ2n) is 6.36. The highest BCUT2D eigenvalue weighted by Gasteiger charge is 1.98. The Hall–Kier alpha value is -1.13. The average Bonchev–Trinajstić information content (AvgIpc) is 2.65. The van der Waals surface area contributed by atoms with Gasteiger partial charge in [0.15, 0.2) is 0 Å². The van der Waals surface area contributed by atoms with E-state index in [1.807, 2.05) is 0 Å². The van der Waals surface area contributed by atoms with Crippen molar-refractivity contribution in [2.75, 3.05) is 20.3 Å². The molecule has 0 aliphatic heterocycles. The first kappa shape index (κ1) is 27.1.